The van der Waals surface area contributed by atoms with Crippen molar-refractivity contribution < 1.29 is 4.42 Å². The monoisotopic (exact) mass is 292 g/mol. The van der Waals surface area contributed by atoms with E-state index in [2.05, 4.69) is 26.9 Å². The molecule has 1 saturated heterocycles. The quantitative estimate of drug-likeness (QED) is 0.939. The third kappa shape index (κ3) is 2.73. The van der Waals surface area contributed by atoms with E-state index in [4.69, 9.17) is 21.8 Å². The fourth-order valence-corrected chi connectivity index (χ4v) is 2.47. The van der Waals surface area contributed by atoms with E-state index in [1.807, 2.05) is 12.1 Å². The van der Waals surface area contributed by atoms with Gasteiger partial charge >= 0.3 is 0 Å². The molecule has 6 heteroatoms. The van der Waals surface area contributed by atoms with Crippen molar-refractivity contribution in [3.05, 3.63) is 41.2 Å². The minimum absolute atomic E-state index is 0.411. The van der Waals surface area contributed by atoms with Crippen LogP contribution in [0.2, 0.25) is 5.02 Å². The molecule has 0 bridgehead atoms. The molecule has 20 heavy (non-hydrogen) atoms. The molecule has 0 unspecified atom stereocenters. The van der Waals surface area contributed by atoms with Crippen LogP contribution in [0.5, 0.6) is 0 Å². The molecule has 0 atom stereocenters. The zero-order valence-corrected chi connectivity index (χ0v) is 11.9. The second-order valence-electron chi connectivity index (χ2n) is 4.78. The molecule has 0 aliphatic carbocycles. The summed E-state index contributed by atoms with van der Waals surface area (Å²) < 4.78 is 5.45. The lowest BCUT2D eigenvalue weighted by Crippen LogP contribution is -2.46. The summed E-state index contributed by atoms with van der Waals surface area (Å²) in [6.07, 6.45) is 1.63. The highest BCUT2D eigenvalue weighted by Gasteiger charge is 2.20. The number of nitrogens with two attached hydrogens (primary N) is 1. The van der Waals surface area contributed by atoms with Crippen molar-refractivity contribution in [1.82, 2.24) is 4.98 Å². The van der Waals surface area contributed by atoms with Gasteiger partial charge in [0.15, 0.2) is 0 Å². The van der Waals surface area contributed by atoms with Crippen LogP contribution in [0, 0.1) is 0 Å². The van der Waals surface area contributed by atoms with Crippen LogP contribution < -0.4 is 15.5 Å². The van der Waals surface area contributed by atoms with Gasteiger partial charge in [0.1, 0.15) is 6.26 Å². The molecule has 0 saturated carbocycles. The first-order chi connectivity index (χ1) is 9.76. The van der Waals surface area contributed by atoms with E-state index in [0.29, 0.717) is 12.6 Å². The van der Waals surface area contributed by atoms with Crippen LogP contribution in [0.25, 0.3) is 0 Å². The zero-order valence-electron chi connectivity index (χ0n) is 11.1. The van der Waals surface area contributed by atoms with Crippen LogP contribution >= 0.6 is 11.6 Å². The van der Waals surface area contributed by atoms with Crippen molar-refractivity contribution in [2.45, 2.75) is 6.54 Å². The Morgan fingerprint density at radius 3 is 2.35 bits per heavy atom. The summed E-state index contributed by atoms with van der Waals surface area (Å²) >= 11 is 5.91. The van der Waals surface area contributed by atoms with E-state index >= 15 is 0 Å². The molecular formula is C14H17ClN4O. The fourth-order valence-electron chi connectivity index (χ4n) is 2.34. The summed E-state index contributed by atoms with van der Waals surface area (Å²) in [5, 5.41) is 0.765. The minimum Gasteiger partial charge on any atom is -0.432 e. The van der Waals surface area contributed by atoms with Gasteiger partial charge in [-0.25, -0.2) is 0 Å². The highest BCUT2D eigenvalue weighted by molar-refractivity contribution is 6.30. The number of oxazole rings is 1. The SMILES string of the molecule is NCc1coc(N2CCN(c3ccc(Cl)cc3)CC2)n1. The van der Waals surface area contributed by atoms with Crippen LogP contribution in [0.4, 0.5) is 11.7 Å². The van der Waals surface area contributed by atoms with Gasteiger partial charge in [-0.05, 0) is 24.3 Å². The van der Waals surface area contributed by atoms with Gasteiger partial charge < -0.3 is 20.0 Å². The maximum Gasteiger partial charge on any atom is 0.297 e. The molecular weight excluding hydrogens is 276 g/mol. The number of aromatic nitrogens is 1. The normalized spacial score (nSPS) is 15.7. The van der Waals surface area contributed by atoms with E-state index in [0.717, 1.165) is 36.9 Å². The van der Waals surface area contributed by atoms with Crippen molar-refractivity contribution in [3.63, 3.8) is 0 Å². The van der Waals surface area contributed by atoms with Gasteiger partial charge in [0.05, 0.1) is 5.69 Å². The molecule has 0 spiro atoms. The van der Waals surface area contributed by atoms with Gasteiger partial charge in [-0.2, -0.15) is 4.98 Å². The summed E-state index contributed by atoms with van der Waals surface area (Å²) in [5.41, 5.74) is 7.53. The molecule has 2 heterocycles. The van der Waals surface area contributed by atoms with Gasteiger partial charge in [0, 0.05) is 43.4 Å². The summed E-state index contributed by atoms with van der Waals surface area (Å²) in [5.74, 6) is 0. The van der Waals surface area contributed by atoms with Gasteiger partial charge in [-0.3, -0.25) is 0 Å². The highest BCUT2D eigenvalue weighted by Crippen LogP contribution is 2.21. The lowest BCUT2D eigenvalue weighted by Gasteiger charge is -2.35. The van der Waals surface area contributed by atoms with Gasteiger partial charge in [-0.15, -0.1) is 0 Å². The molecule has 1 aromatic carbocycles. The van der Waals surface area contributed by atoms with Crippen molar-refractivity contribution in [2.75, 3.05) is 36.0 Å². The zero-order chi connectivity index (χ0) is 13.9. The maximum absolute atomic E-state index is 5.91. The van der Waals surface area contributed by atoms with Gasteiger partial charge in [-0.1, -0.05) is 11.6 Å². The molecule has 3 rings (SSSR count). The number of anilines is 2. The van der Waals surface area contributed by atoms with Crippen LogP contribution in [0.1, 0.15) is 5.69 Å². The van der Waals surface area contributed by atoms with Gasteiger partial charge in [0.2, 0.25) is 0 Å². The molecule has 1 aliphatic rings. The lowest BCUT2D eigenvalue weighted by atomic mass is 10.2. The maximum atomic E-state index is 5.91. The summed E-state index contributed by atoms with van der Waals surface area (Å²) in [6, 6.07) is 8.61. The second kappa shape index (κ2) is 5.73. The van der Waals surface area contributed by atoms with Crippen molar-refractivity contribution in [1.29, 1.82) is 0 Å². The largest absolute Gasteiger partial charge is 0.432 e. The Kier molecular flexibility index (Phi) is 3.80. The minimum atomic E-state index is 0.411. The molecule has 2 aromatic rings. The molecule has 106 valence electrons. The standard InChI is InChI=1S/C14H17ClN4O/c15-11-1-3-13(4-2-11)18-5-7-19(8-6-18)14-17-12(9-16)10-20-14/h1-4,10H,5-9,16H2. The van der Waals surface area contributed by atoms with Crippen molar-refractivity contribution >= 4 is 23.3 Å². The average Bonchev–Trinajstić information content (AvgIpc) is 2.97. The molecule has 2 N–H and O–H groups in total. The van der Waals surface area contributed by atoms with E-state index in [1.54, 1.807) is 6.26 Å². The lowest BCUT2D eigenvalue weighted by molar-refractivity contribution is 0.516. The molecule has 1 fully saturated rings. The topological polar surface area (TPSA) is 58.5 Å². The van der Waals surface area contributed by atoms with E-state index < -0.39 is 0 Å². The van der Waals surface area contributed by atoms with Crippen LogP contribution in [-0.4, -0.2) is 31.2 Å². The van der Waals surface area contributed by atoms with Crippen LogP contribution in [0.15, 0.2) is 34.9 Å². The predicted molar refractivity (Wildman–Crippen MR) is 80.3 cm³/mol. The Labute approximate surface area is 122 Å². The van der Waals surface area contributed by atoms with Gasteiger partial charge in [0.25, 0.3) is 6.01 Å². The second-order valence-corrected chi connectivity index (χ2v) is 5.21. The third-order valence-corrected chi connectivity index (χ3v) is 3.74. The summed E-state index contributed by atoms with van der Waals surface area (Å²) in [4.78, 5) is 8.84. The molecule has 1 aliphatic heterocycles. The van der Waals surface area contributed by atoms with Crippen molar-refractivity contribution in [3.8, 4) is 0 Å². The molecule has 0 radical (unpaired) electrons. The predicted octanol–water partition coefficient (Wildman–Crippen LogP) is 2.11. The summed E-state index contributed by atoms with van der Waals surface area (Å²) in [7, 11) is 0. The van der Waals surface area contributed by atoms with Crippen molar-refractivity contribution in [2.24, 2.45) is 5.73 Å². The number of nitrogens with zero attached hydrogens (tertiary/aromatic N) is 3. The first kappa shape index (κ1) is 13.3. The third-order valence-electron chi connectivity index (χ3n) is 3.49. The Balaban J connectivity index is 1.63. The smallest absolute Gasteiger partial charge is 0.297 e. The number of hydrogen-bond acceptors (Lipinski definition) is 5. The van der Waals surface area contributed by atoms with Crippen LogP contribution in [0.3, 0.4) is 0 Å². The number of benzene rings is 1. The van der Waals surface area contributed by atoms with E-state index in [9.17, 15) is 0 Å². The number of piperazine rings is 1. The van der Waals surface area contributed by atoms with E-state index in [-0.39, 0.29) is 0 Å². The first-order valence-electron chi connectivity index (χ1n) is 6.66. The Morgan fingerprint density at radius 1 is 1.10 bits per heavy atom. The molecule has 1 aromatic heterocycles. The first-order valence-corrected chi connectivity index (χ1v) is 7.04. The Hall–Kier alpha value is -1.72. The molecule has 0 amide bonds. The van der Waals surface area contributed by atoms with Crippen LogP contribution in [-0.2, 0) is 6.54 Å². The highest BCUT2D eigenvalue weighted by atomic mass is 35.5. The number of halogens is 1. The Morgan fingerprint density at radius 2 is 1.75 bits per heavy atom. The van der Waals surface area contributed by atoms with E-state index in [1.165, 1.54) is 5.69 Å². The number of hydrogen-bond donors (Lipinski definition) is 1. The fraction of sp³-hybridized carbons (Fsp3) is 0.357. The number of rotatable bonds is 3. The average molecular weight is 293 g/mol. The molecule has 5 nitrogen and oxygen atoms in total. The Bertz CT molecular complexity index is 561. The summed E-state index contributed by atoms with van der Waals surface area (Å²) in [6.45, 7) is 4.04.